The maximum absolute atomic E-state index is 11.8. The first kappa shape index (κ1) is 20.4. The summed E-state index contributed by atoms with van der Waals surface area (Å²) in [5.74, 6) is -1.05. The summed E-state index contributed by atoms with van der Waals surface area (Å²) in [5, 5.41) is 4.44. The number of hydrogen-bond acceptors (Lipinski definition) is 8. The van der Waals surface area contributed by atoms with E-state index in [4.69, 9.17) is 9.47 Å². The van der Waals surface area contributed by atoms with Gasteiger partial charge in [-0.3, -0.25) is 14.9 Å². The van der Waals surface area contributed by atoms with Crippen molar-refractivity contribution in [2.45, 2.75) is 20.3 Å². The number of anilines is 1. The van der Waals surface area contributed by atoms with E-state index in [0.717, 1.165) is 22.5 Å². The van der Waals surface area contributed by atoms with E-state index in [9.17, 15) is 14.4 Å². The Morgan fingerprint density at radius 3 is 2.44 bits per heavy atom. The van der Waals surface area contributed by atoms with Crippen LogP contribution in [-0.2, 0) is 30.3 Å². The van der Waals surface area contributed by atoms with Crippen LogP contribution in [0.3, 0.4) is 0 Å². The van der Waals surface area contributed by atoms with E-state index < -0.39 is 24.5 Å². The summed E-state index contributed by atoms with van der Waals surface area (Å²) < 4.78 is 14.8. The van der Waals surface area contributed by atoms with Gasteiger partial charge in [0, 0.05) is 5.38 Å². The lowest BCUT2D eigenvalue weighted by atomic mass is 10.1. The van der Waals surface area contributed by atoms with Crippen LogP contribution in [0.1, 0.15) is 16.8 Å². The van der Waals surface area contributed by atoms with E-state index in [-0.39, 0.29) is 13.0 Å². The SMILES string of the molecule is COC(=O)Cc1csc(NC(=O)COC(=O)COc2cc(C)cc(C)c2)n1. The Bertz CT molecular complexity index is 813. The number of nitrogens with one attached hydrogen (secondary N) is 1. The molecule has 1 aromatic carbocycles. The molecule has 27 heavy (non-hydrogen) atoms. The zero-order valence-corrected chi connectivity index (χ0v) is 16.1. The molecule has 0 aliphatic heterocycles. The van der Waals surface area contributed by atoms with Crippen LogP contribution in [0.4, 0.5) is 5.13 Å². The number of aryl methyl sites for hydroxylation is 2. The average molecular weight is 392 g/mol. The number of carbonyl (C=O) groups excluding carboxylic acids is 3. The van der Waals surface area contributed by atoms with E-state index in [0.29, 0.717) is 16.6 Å². The molecule has 1 heterocycles. The molecule has 2 aromatic rings. The molecule has 0 atom stereocenters. The summed E-state index contributed by atoms with van der Waals surface area (Å²) in [7, 11) is 1.29. The highest BCUT2D eigenvalue weighted by molar-refractivity contribution is 7.13. The number of benzene rings is 1. The molecule has 9 heteroatoms. The molecule has 0 fully saturated rings. The van der Waals surface area contributed by atoms with Crippen LogP contribution in [0.2, 0.25) is 0 Å². The number of nitrogens with zero attached hydrogens (tertiary/aromatic N) is 1. The van der Waals surface area contributed by atoms with E-state index in [1.807, 2.05) is 19.9 Å². The van der Waals surface area contributed by atoms with Gasteiger partial charge in [0.05, 0.1) is 19.2 Å². The predicted octanol–water partition coefficient (Wildman–Crippen LogP) is 2.04. The fraction of sp³-hybridized carbons (Fsp3) is 0.333. The molecule has 8 nitrogen and oxygen atoms in total. The highest BCUT2D eigenvalue weighted by Crippen LogP contribution is 2.17. The van der Waals surface area contributed by atoms with Crippen LogP contribution in [0, 0.1) is 13.8 Å². The number of amides is 1. The Kier molecular flexibility index (Phi) is 7.30. The van der Waals surface area contributed by atoms with Crippen molar-refractivity contribution in [3.63, 3.8) is 0 Å². The summed E-state index contributed by atoms with van der Waals surface area (Å²) in [4.78, 5) is 38.8. The maximum Gasteiger partial charge on any atom is 0.344 e. The summed E-state index contributed by atoms with van der Waals surface area (Å²) in [6.07, 6.45) is 0.0215. The molecule has 0 radical (unpaired) electrons. The zero-order valence-electron chi connectivity index (χ0n) is 15.2. The Hall–Kier alpha value is -2.94. The largest absolute Gasteiger partial charge is 0.482 e. The lowest BCUT2D eigenvalue weighted by Crippen LogP contribution is -2.23. The van der Waals surface area contributed by atoms with Gasteiger partial charge in [0.15, 0.2) is 18.3 Å². The minimum absolute atomic E-state index is 0.0215. The van der Waals surface area contributed by atoms with Crippen molar-refractivity contribution in [3.05, 3.63) is 40.4 Å². The Balaban J connectivity index is 1.73. The van der Waals surface area contributed by atoms with Crippen molar-refractivity contribution < 1.29 is 28.6 Å². The fourth-order valence-corrected chi connectivity index (χ4v) is 2.89. The molecule has 0 saturated heterocycles. The third-order valence-corrected chi connectivity index (χ3v) is 4.07. The van der Waals surface area contributed by atoms with Crippen LogP contribution in [-0.4, -0.2) is 43.2 Å². The third-order valence-electron chi connectivity index (χ3n) is 3.27. The highest BCUT2D eigenvalue weighted by Gasteiger charge is 2.12. The molecule has 0 spiro atoms. The summed E-state index contributed by atoms with van der Waals surface area (Å²) in [6, 6.07) is 5.60. The molecule has 144 valence electrons. The normalized spacial score (nSPS) is 10.2. The molecule has 0 aliphatic rings. The number of methoxy groups -OCH3 is 1. The molecule has 2 rings (SSSR count). The van der Waals surface area contributed by atoms with Crippen molar-refractivity contribution in [2.24, 2.45) is 0 Å². The highest BCUT2D eigenvalue weighted by atomic mass is 32.1. The number of carbonyl (C=O) groups is 3. The minimum Gasteiger partial charge on any atom is -0.482 e. The lowest BCUT2D eigenvalue weighted by molar-refractivity contribution is -0.149. The first-order valence-corrected chi connectivity index (χ1v) is 8.91. The summed E-state index contributed by atoms with van der Waals surface area (Å²) in [6.45, 7) is 3.10. The number of thiazole rings is 1. The number of rotatable bonds is 8. The molecule has 1 N–H and O–H groups in total. The van der Waals surface area contributed by atoms with Gasteiger partial charge in [-0.2, -0.15) is 0 Å². The van der Waals surface area contributed by atoms with Gasteiger partial charge in [0.2, 0.25) is 0 Å². The van der Waals surface area contributed by atoms with Gasteiger partial charge in [-0.1, -0.05) is 6.07 Å². The third kappa shape index (κ3) is 7.06. The second-order valence-corrected chi connectivity index (χ2v) is 6.58. The first-order chi connectivity index (χ1) is 12.9. The Morgan fingerprint density at radius 1 is 1.07 bits per heavy atom. The Morgan fingerprint density at radius 2 is 1.78 bits per heavy atom. The Labute approximate surface area is 160 Å². The second-order valence-electron chi connectivity index (χ2n) is 5.72. The van der Waals surface area contributed by atoms with Gasteiger partial charge < -0.3 is 14.2 Å². The number of esters is 2. The van der Waals surface area contributed by atoms with Crippen molar-refractivity contribution >= 4 is 34.3 Å². The molecule has 0 saturated carbocycles. The van der Waals surface area contributed by atoms with E-state index >= 15 is 0 Å². The quantitative estimate of drug-likeness (QED) is 0.686. The van der Waals surface area contributed by atoms with Crippen molar-refractivity contribution in [3.8, 4) is 5.75 Å². The summed E-state index contributed by atoms with van der Waals surface area (Å²) >= 11 is 1.16. The molecule has 0 unspecified atom stereocenters. The number of ether oxygens (including phenoxy) is 3. The van der Waals surface area contributed by atoms with Gasteiger partial charge in [-0.05, 0) is 37.1 Å². The van der Waals surface area contributed by atoms with Crippen LogP contribution in [0.15, 0.2) is 23.6 Å². The maximum atomic E-state index is 11.8. The minimum atomic E-state index is -0.658. The topological polar surface area (TPSA) is 104 Å². The molecule has 1 aromatic heterocycles. The standard InChI is InChI=1S/C18H20N2O6S/c1-11-4-12(2)6-14(5-11)25-9-17(23)26-8-15(21)20-18-19-13(10-27-18)7-16(22)24-3/h4-6,10H,7-9H2,1-3H3,(H,19,20,21). The summed E-state index contributed by atoms with van der Waals surface area (Å²) in [5.41, 5.74) is 2.53. The van der Waals surface area contributed by atoms with Crippen molar-refractivity contribution in [1.82, 2.24) is 4.98 Å². The molecular weight excluding hydrogens is 372 g/mol. The number of aromatic nitrogens is 1. The van der Waals surface area contributed by atoms with Crippen LogP contribution in [0.25, 0.3) is 0 Å². The monoisotopic (exact) mass is 392 g/mol. The van der Waals surface area contributed by atoms with Gasteiger partial charge in [-0.25, -0.2) is 9.78 Å². The van der Waals surface area contributed by atoms with Crippen LogP contribution in [0.5, 0.6) is 5.75 Å². The van der Waals surface area contributed by atoms with Crippen LogP contribution >= 0.6 is 11.3 Å². The molecule has 1 amide bonds. The number of hydrogen-bond donors (Lipinski definition) is 1. The van der Waals surface area contributed by atoms with E-state index in [1.165, 1.54) is 7.11 Å². The predicted molar refractivity (Wildman–Crippen MR) is 98.8 cm³/mol. The van der Waals surface area contributed by atoms with Crippen LogP contribution < -0.4 is 10.1 Å². The van der Waals surface area contributed by atoms with Gasteiger partial charge in [-0.15, -0.1) is 11.3 Å². The smallest absolute Gasteiger partial charge is 0.344 e. The van der Waals surface area contributed by atoms with E-state index in [1.54, 1.807) is 17.5 Å². The van der Waals surface area contributed by atoms with E-state index in [2.05, 4.69) is 15.0 Å². The second kappa shape index (κ2) is 9.67. The van der Waals surface area contributed by atoms with Gasteiger partial charge >= 0.3 is 11.9 Å². The average Bonchev–Trinajstić information content (AvgIpc) is 3.04. The lowest BCUT2D eigenvalue weighted by Gasteiger charge is -2.08. The van der Waals surface area contributed by atoms with Crippen molar-refractivity contribution in [1.29, 1.82) is 0 Å². The first-order valence-electron chi connectivity index (χ1n) is 8.03. The molecule has 0 bridgehead atoms. The molecule has 0 aliphatic carbocycles. The molecular formula is C18H20N2O6S. The fourth-order valence-electron chi connectivity index (χ4n) is 2.17. The van der Waals surface area contributed by atoms with Gasteiger partial charge in [0.25, 0.3) is 5.91 Å². The van der Waals surface area contributed by atoms with Gasteiger partial charge in [0.1, 0.15) is 5.75 Å². The zero-order chi connectivity index (χ0) is 19.8. The van der Waals surface area contributed by atoms with Crippen molar-refractivity contribution in [2.75, 3.05) is 25.6 Å².